The fourth-order valence-electron chi connectivity index (χ4n) is 3.06. The molecule has 0 atom stereocenters. The van der Waals surface area contributed by atoms with Crippen LogP contribution in [0, 0.1) is 6.92 Å². The standard InChI is InChI=1S/C23H28O8/c1-14-17(29-20(24)28-14)12-27-23(5,6)11-15-9-7-8-10-16(15)19-18(30-21(25)31-19)13-26-22(2,3)4/h7-10H,11-13H2,1-6H3. The number of rotatable bonds is 8. The summed E-state index contributed by atoms with van der Waals surface area (Å²) in [6.45, 7) is 11.5. The highest BCUT2D eigenvalue weighted by atomic mass is 16.6. The molecule has 0 amide bonds. The molecule has 168 valence electrons. The first kappa shape index (κ1) is 22.8. The van der Waals surface area contributed by atoms with Crippen molar-refractivity contribution in [3.8, 4) is 11.3 Å². The lowest BCUT2D eigenvalue weighted by atomic mass is 9.93. The summed E-state index contributed by atoms with van der Waals surface area (Å²) in [5.74, 6) is -0.101. The maximum absolute atomic E-state index is 11.8. The molecule has 3 aromatic rings. The van der Waals surface area contributed by atoms with Gasteiger partial charge < -0.3 is 27.1 Å². The quantitative estimate of drug-likeness (QED) is 0.508. The van der Waals surface area contributed by atoms with Gasteiger partial charge in [-0.25, -0.2) is 9.59 Å². The van der Waals surface area contributed by atoms with E-state index in [1.807, 2.05) is 58.9 Å². The fourth-order valence-corrected chi connectivity index (χ4v) is 3.06. The molecule has 31 heavy (non-hydrogen) atoms. The molecule has 0 spiro atoms. The molecule has 0 N–H and O–H groups in total. The van der Waals surface area contributed by atoms with Crippen LogP contribution in [0.25, 0.3) is 11.3 Å². The fraction of sp³-hybridized carbons (Fsp3) is 0.478. The lowest BCUT2D eigenvalue weighted by molar-refractivity contribution is -0.0360. The molecule has 0 radical (unpaired) electrons. The van der Waals surface area contributed by atoms with Crippen molar-refractivity contribution < 1.29 is 27.1 Å². The van der Waals surface area contributed by atoms with Crippen LogP contribution in [-0.2, 0) is 29.1 Å². The molecule has 0 unspecified atom stereocenters. The van der Waals surface area contributed by atoms with Crippen LogP contribution in [-0.4, -0.2) is 11.2 Å². The van der Waals surface area contributed by atoms with Gasteiger partial charge in [0.2, 0.25) is 0 Å². The van der Waals surface area contributed by atoms with Crippen molar-refractivity contribution in [2.24, 2.45) is 0 Å². The van der Waals surface area contributed by atoms with Gasteiger partial charge in [0.15, 0.2) is 17.3 Å². The molecule has 8 nitrogen and oxygen atoms in total. The SMILES string of the molecule is Cc1oc(=O)oc1COC(C)(C)Cc1ccccc1-c1oc(=O)oc1COC(C)(C)C. The van der Waals surface area contributed by atoms with Crippen molar-refractivity contribution in [2.45, 2.75) is 72.4 Å². The predicted molar refractivity (Wildman–Crippen MR) is 112 cm³/mol. The minimum atomic E-state index is -0.779. The second-order valence-corrected chi connectivity index (χ2v) is 8.92. The molecular formula is C23H28O8. The first-order chi connectivity index (χ1) is 14.4. The summed E-state index contributed by atoms with van der Waals surface area (Å²) in [6, 6.07) is 7.55. The minimum absolute atomic E-state index is 0.0954. The van der Waals surface area contributed by atoms with E-state index in [1.54, 1.807) is 6.92 Å². The Labute approximate surface area is 179 Å². The largest absolute Gasteiger partial charge is 0.519 e. The van der Waals surface area contributed by atoms with Crippen molar-refractivity contribution >= 4 is 0 Å². The summed E-state index contributed by atoms with van der Waals surface area (Å²) in [4.78, 5) is 23.1. The van der Waals surface area contributed by atoms with E-state index in [-0.39, 0.29) is 13.2 Å². The maximum atomic E-state index is 11.8. The molecule has 3 rings (SSSR count). The normalized spacial score (nSPS) is 12.5. The third kappa shape index (κ3) is 6.08. The van der Waals surface area contributed by atoms with Crippen molar-refractivity contribution in [1.82, 2.24) is 0 Å². The van der Waals surface area contributed by atoms with E-state index in [9.17, 15) is 9.59 Å². The first-order valence-electron chi connectivity index (χ1n) is 10.0. The zero-order valence-electron chi connectivity index (χ0n) is 18.7. The molecule has 0 saturated carbocycles. The Morgan fingerprint density at radius 1 is 0.806 bits per heavy atom. The van der Waals surface area contributed by atoms with Crippen LogP contribution in [0.3, 0.4) is 0 Å². The molecular weight excluding hydrogens is 404 g/mol. The average molecular weight is 432 g/mol. The molecule has 0 aliphatic rings. The molecule has 0 aliphatic carbocycles. The molecule has 2 heterocycles. The molecule has 8 heteroatoms. The van der Waals surface area contributed by atoms with Crippen LogP contribution in [0.2, 0.25) is 0 Å². The lowest BCUT2D eigenvalue weighted by Crippen LogP contribution is -2.27. The van der Waals surface area contributed by atoms with Gasteiger partial charge in [-0.1, -0.05) is 24.3 Å². The summed E-state index contributed by atoms with van der Waals surface area (Å²) in [5.41, 5.74) is 0.607. The number of aryl methyl sites for hydroxylation is 1. The third-order valence-corrected chi connectivity index (χ3v) is 4.59. The van der Waals surface area contributed by atoms with Crippen LogP contribution >= 0.6 is 0 Å². The molecule has 0 aliphatic heterocycles. The average Bonchev–Trinajstić information content (AvgIpc) is 3.19. The van der Waals surface area contributed by atoms with E-state index in [0.29, 0.717) is 29.5 Å². The van der Waals surface area contributed by atoms with Crippen LogP contribution in [0.4, 0.5) is 0 Å². The van der Waals surface area contributed by atoms with E-state index in [1.165, 1.54) is 0 Å². The summed E-state index contributed by atoms with van der Waals surface area (Å²) >= 11 is 0. The zero-order chi connectivity index (χ0) is 22.8. The van der Waals surface area contributed by atoms with Gasteiger partial charge in [0.05, 0.1) is 11.2 Å². The molecule has 0 bridgehead atoms. The Bertz CT molecular complexity index is 1130. The van der Waals surface area contributed by atoms with E-state index in [4.69, 9.17) is 27.1 Å². The lowest BCUT2D eigenvalue weighted by Gasteiger charge is -2.26. The minimum Gasteiger partial charge on any atom is -0.396 e. The molecule has 2 aromatic heterocycles. The van der Waals surface area contributed by atoms with Crippen molar-refractivity contribution in [1.29, 1.82) is 0 Å². The molecule has 0 fully saturated rings. The van der Waals surface area contributed by atoms with Gasteiger partial charge in [-0.2, -0.15) is 0 Å². The highest BCUT2D eigenvalue weighted by Crippen LogP contribution is 2.31. The van der Waals surface area contributed by atoms with Gasteiger partial charge in [-0.05, 0) is 47.1 Å². The zero-order valence-corrected chi connectivity index (χ0v) is 18.7. The Morgan fingerprint density at radius 3 is 2.06 bits per heavy atom. The number of hydrogen-bond acceptors (Lipinski definition) is 8. The van der Waals surface area contributed by atoms with Crippen molar-refractivity contribution in [2.75, 3.05) is 0 Å². The van der Waals surface area contributed by atoms with Crippen LogP contribution in [0.15, 0.2) is 51.5 Å². The Balaban J connectivity index is 1.83. The van der Waals surface area contributed by atoms with Gasteiger partial charge in [0.25, 0.3) is 0 Å². The number of hydrogen-bond donors (Lipinski definition) is 0. The van der Waals surface area contributed by atoms with E-state index in [2.05, 4.69) is 0 Å². The monoisotopic (exact) mass is 432 g/mol. The van der Waals surface area contributed by atoms with E-state index >= 15 is 0 Å². The number of ether oxygens (including phenoxy) is 2. The topological polar surface area (TPSA) is 105 Å². The van der Waals surface area contributed by atoms with Crippen LogP contribution in [0.5, 0.6) is 0 Å². The predicted octanol–water partition coefficient (Wildman–Crippen LogP) is 4.61. The van der Waals surface area contributed by atoms with Crippen molar-refractivity contribution in [3.63, 3.8) is 0 Å². The first-order valence-corrected chi connectivity index (χ1v) is 10.0. The Kier molecular flexibility index (Phi) is 6.43. The second-order valence-electron chi connectivity index (χ2n) is 8.92. The van der Waals surface area contributed by atoms with Gasteiger partial charge in [-0.3, -0.25) is 0 Å². The van der Waals surface area contributed by atoms with Crippen LogP contribution < -0.4 is 11.6 Å². The van der Waals surface area contributed by atoms with Gasteiger partial charge in [0.1, 0.15) is 19.0 Å². The summed E-state index contributed by atoms with van der Waals surface area (Å²) in [7, 11) is 0. The highest BCUT2D eigenvalue weighted by molar-refractivity contribution is 5.63. The molecule has 1 aromatic carbocycles. The maximum Gasteiger partial charge on any atom is 0.519 e. The van der Waals surface area contributed by atoms with E-state index < -0.39 is 22.8 Å². The van der Waals surface area contributed by atoms with Crippen molar-refractivity contribution in [3.05, 3.63) is 68.3 Å². The van der Waals surface area contributed by atoms with Gasteiger partial charge >= 0.3 is 11.6 Å². The highest BCUT2D eigenvalue weighted by Gasteiger charge is 2.26. The second kappa shape index (κ2) is 8.72. The summed E-state index contributed by atoms with van der Waals surface area (Å²) < 4.78 is 32.2. The smallest absolute Gasteiger partial charge is 0.396 e. The number of benzene rings is 1. The third-order valence-electron chi connectivity index (χ3n) is 4.59. The van der Waals surface area contributed by atoms with Crippen LogP contribution in [0.1, 0.15) is 57.5 Å². The summed E-state index contributed by atoms with van der Waals surface area (Å²) in [5, 5.41) is 0. The molecule has 0 saturated heterocycles. The summed E-state index contributed by atoms with van der Waals surface area (Å²) in [6.07, 6.45) is 0.499. The van der Waals surface area contributed by atoms with Gasteiger partial charge in [-0.15, -0.1) is 0 Å². The Morgan fingerprint density at radius 2 is 1.42 bits per heavy atom. The van der Waals surface area contributed by atoms with E-state index in [0.717, 1.165) is 11.1 Å². The van der Waals surface area contributed by atoms with Gasteiger partial charge in [0, 0.05) is 12.0 Å². The Hall–Kier alpha value is -2.84.